The maximum absolute atomic E-state index is 13.8. The van der Waals surface area contributed by atoms with Crippen molar-refractivity contribution in [2.45, 2.75) is 49.8 Å². The van der Waals surface area contributed by atoms with E-state index in [1.807, 2.05) is 49.1 Å². The normalized spacial score (nSPS) is 18.1. The van der Waals surface area contributed by atoms with Gasteiger partial charge >= 0.3 is 0 Å². The summed E-state index contributed by atoms with van der Waals surface area (Å²) in [5.41, 5.74) is 0.913. The van der Waals surface area contributed by atoms with Crippen molar-refractivity contribution in [3.8, 4) is 11.5 Å². The van der Waals surface area contributed by atoms with Crippen LogP contribution in [0.1, 0.15) is 25.8 Å². The van der Waals surface area contributed by atoms with Gasteiger partial charge in [-0.25, -0.2) is 8.42 Å². The highest BCUT2D eigenvalue weighted by atomic mass is 32.2. The Kier molecular flexibility index (Phi) is 11.6. The monoisotopic (exact) mass is 605 g/mol. The van der Waals surface area contributed by atoms with Gasteiger partial charge in [0.1, 0.15) is 0 Å². The van der Waals surface area contributed by atoms with E-state index in [2.05, 4.69) is 5.32 Å². The first kappa shape index (κ1) is 32.2. The fraction of sp³-hybridized carbons (Fsp3) is 0.567. The van der Waals surface area contributed by atoms with Crippen molar-refractivity contribution >= 4 is 15.9 Å². The van der Waals surface area contributed by atoms with Crippen molar-refractivity contribution in [1.82, 2.24) is 14.5 Å². The average molecular weight is 606 g/mol. The summed E-state index contributed by atoms with van der Waals surface area (Å²) < 4.78 is 50.4. The molecule has 1 saturated heterocycles. The van der Waals surface area contributed by atoms with E-state index in [-0.39, 0.29) is 49.2 Å². The smallest absolute Gasteiger partial charge is 0.243 e. The minimum absolute atomic E-state index is 0.00822. The van der Waals surface area contributed by atoms with E-state index in [0.717, 1.165) is 12.0 Å². The number of fused-ring (bicyclic) bond motifs is 1. The lowest BCUT2D eigenvalue weighted by Crippen LogP contribution is -2.53. The highest BCUT2D eigenvalue weighted by Gasteiger charge is 2.33. The van der Waals surface area contributed by atoms with Crippen LogP contribution in [0.5, 0.6) is 11.5 Å². The van der Waals surface area contributed by atoms with Crippen molar-refractivity contribution in [1.29, 1.82) is 0 Å². The van der Waals surface area contributed by atoms with Gasteiger partial charge in [0.05, 0.1) is 36.8 Å². The van der Waals surface area contributed by atoms with Gasteiger partial charge in [-0.15, -0.1) is 0 Å². The van der Waals surface area contributed by atoms with Gasteiger partial charge in [0.15, 0.2) is 11.5 Å². The van der Waals surface area contributed by atoms with Gasteiger partial charge in [-0.05, 0) is 36.5 Å². The summed E-state index contributed by atoms with van der Waals surface area (Å²) in [7, 11) is -2.38. The van der Waals surface area contributed by atoms with Crippen LogP contribution < -0.4 is 14.8 Å². The molecule has 4 rings (SSSR count). The lowest BCUT2D eigenvalue weighted by Gasteiger charge is -2.32. The van der Waals surface area contributed by atoms with Crippen LogP contribution in [0.3, 0.4) is 0 Å². The number of ether oxygens (including phenoxy) is 4. The first-order valence-electron chi connectivity index (χ1n) is 14.4. The Morgan fingerprint density at radius 3 is 2.57 bits per heavy atom. The molecule has 2 aliphatic heterocycles. The standard InChI is InChI=1S/C30H43N3O8S/c1-22(2)17-33(42(36,37)25-9-10-28-29(16-25)41-21-40-28)18-27(34)26(15-23-7-5-4-6-8-23)31-30(35)19-32(12-14-38-3)24-11-13-39-20-24/h4-10,16,22,24,26-27,34H,11-15,17-21H2,1-3H3,(H,31,35)/t24-,26+,27-/m1/s1. The van der Waals surface area contributed by atoms with Crippen LogP contribution in [0.4, 0.5) is 0 Å². The van der Waals surface area contributed by atoms with E-state index in [1.165, 1.54) is 16.4 Å². The molecule has 0 spiro atoms. The van der Waals surface area contributed by atoms with Gasteiger partial charge in [-0.1, -0.05) is 44.2 Å². The number of aliphatic hydroxyl groups excluding tert-OH is 1. The lowest BCUT2D eigenvalue weighted by atomic mass is 10.0. The zero-order valence-electron chi connectivity index (χ0n) is 24.6. The highest BCUT2D eigenvalue weighted by Crippen LogP contribution is 2.35. The molecule has 2 heterocycles. The molecule has 12 heteroatoms. The molecule has 2 aromatic rings. The summed E-state index contributed by atoms with van der Waals surface area (Å²) in [5.74, 6) is 0.581. The first-order chi connectivity index (χ1) is 20.2. The summed E-state index contributed by atoms with van der Waals surface area (Å²) in [6.07, 6.45) is -0.0219. The topological polar surface area (TPSA) is 127 Å². The summed E-state index contributed by atoms with van der Waals surface area (Å²) in [6.45, 7) is 6.21. The zero-order valence-corrected chi connectivity index (χ0v) is 25.4. The van der Waals surface area contributed by atoms with Crippen molar-refractivity contribution in [2.24, 2.45) is 5.92 Å². The Balaban J connectivity index is 1.53. The predicted molar refractivity (Wildman–Crippen MR) is 157 cm³/mol. The second kappa shape index (κ2) is 15.1. The third kappa shape index (κ3) is 8.65. The number of carbonyl (C=O) groups is 1. The molecule has 0 aromatic heterocycles. The van der Waals surface area contributed by atoms with Crippen molar-refractivity contribution in [2.75, 3.05) is 59.9 Å². The number of nitrogens with one attached hydrogen (secondary N) is 1. The third-order valence-electron chi connectivity index (χ3n) is 7.40. The van der Waals surface area contributed by atoms with Gasteiger partial charge < -0.3 is 29.4 Å². The van der Waals surface area contributed by atoms with E-state index >= 15 is 0 Å². The fourth-order valence-electron chi connectivity index (χ4n) is 5.20. The number of hydrogen-bond acceptors (Lipinski definition) is 9. The molecule has 0 aliphatic carbocycles. The number of amides is 1. The number of benzene rings is 2. The van der Waals surface area contributed by atoms with Crippen LogP contribution in [0.15, 0.2) is 53.4 Å². The Morgan fingerprint density at radius 1 is 1.12 bits per heavy atom. The van der Waals surface area contributed by atoms with Crippen LogP contribution in [-0.2, 0) is 30.7 Å². The number of hydrogen-bond donors (Lipinski definition) is 2. The molecule has 1 fully saturated rings. The van der Waals surface area contributed by atoms with Crippen molar-refractivity contribution in [3.63, 3.8) is 0 Å². The average Bonchev–Trinajstić information content (AvgIpc) is 3.67. The molecule has 2 N–H and O–H groups in total. The molecule has 2 aliphatic rings. The SMILES string of the molecule is COCCN(CC(=O)N[C@@H](Cc1ccccc1)[C@H](O)CN(CC(C)C)S(=O)(=O)c1ccc2c(c1)OCO2)[C@@H]1CCOC1. The molecule has 0 radical (unpaired) electrons. The highest BCUT2D eigenvalue weighted by molar-refractivity contribution is 7.89. The molecule has 11 nitrogen and oxygen atoms in total. The molecule has 3 atom stereocenters. The summed E-state index contributed by atoms with van der Waals surface area (Å²) in [5, 5.41) is 14.5. The summed E-state index contributed by atoms with van der Waals surface area (Å²) in [4.78, 5) is 15.5. The van der Waals surface area contributed by atoms with Crippen molar-refractivity contribution < 1.29 is 37.3 Å². The number of nitrogens with zero attached hydrogens (tertiary/aromatic N) is 2. The van der Waals surface area contributed by atoms with E-state index < -0.39 is 22.2 Å². The van der Waals surface area contributed by atoms with Gasteiger partial charge in [0, 0.05) is 45.5 Å². The van der Waals surface area contributed by atoms with Crippen LogP contribution in [0.2, 0.25) is 0 Å². The van der Waals surface area contributed by atoms with Crippen LogP contribution >= 0.6 is 0 Å². The Bertz CT molecular complexity index is 1250. The molecule has 2 aromatic carbocycles. The molecule has 1 amide bonds. The number of rotatable bonds is 16. The molecule has 0 bridgehead atoms. The largest absolute Gasteiger partial charge is 0.454 e. The van der Waals surface area contributed by atoms with Gasteiger partial charge in [-0.2, -0.15) is 4.31 Å². The van der Waals surface area contributed by atoms with E-state index in [9.17, 15) is 18.3 Å². The first-order valence-corrected chi connectivity index (χ1v) is 15.8. The molecule has 42 heavy (non-hydrogen) atoms. The maximum Gasteiger partial charge on any atom is 0.243 e. The minimum atomic E-state index is -4.00. The summed E-state index contributed by atoms with van der Waals surface area (Å²) in [6, 6.07) is 13.4. The van der Waals surface area contributed by atoms with Crippen molar-refractivity contribution in [3.05, 3.63) is 54.1 Å². The molecule has 0 saturated carbocycles. The molecular formula is C30H43N3O8S. The number of carbonyl (C=O) groups excluding carboxylic acids is 1. The quantitative estimate of drug-likeness (QED) is 0.295. The maximum atomic E-state index is 13.8. The molecular weight excluding hydrogens is 562 g/mol. The second-order valence-electron chi connectivity index (χ2n) is 11.1. The minimum Gasteiger partial charge on any atom is -0.454 e. The van der Waals surface area contributed by atoms with E-state index in [4.69, 9.17) is 18.9 Å². The fourth-order valence-corrected chi connectivity index (χ4v) is 6.84. The zero-order chi connectivity index (χ0) is 30.1. The Morgan fingerprint density at radius 2 is 1.88 bits per heavy atom. The van der Waals surface area contributed by atoms with Gasteiger partial charge in [0.2, 0.25) is 22.7 Å². The predicted octanol–water partition coefficient (Wildman–Crippen LogP) is 1.89. The number of sulfonamides is 1. The Hall–Kier alpha value is -2.74. The molecule has 232 valence electrons. The van der Waals surface area contributed by atoms with Crippen LogP contribution in [0, 0.1) is 5.92 Å². The van der Waals surface area contributed by atoms with Crippen LogP contribution in [0.25, 0.3) is 0 Å². The summed E-state index contributed by atoms with van der Waals surface area (Å²) >= 11 is 0. The van der Waals surface area contributed by atoms with E-state index in [0.29, 0.717) is 44.3 Å². The third-order valence-corrected chi connectivity index (χ3v) is 9.23. The number of aliphatic hydroxyl groups is 1. The molecule has 0 unspecified atom stereocenters. The number of methoxy groups -OCH3 is 1. The van der Waals surface area contributed by atoms with Gasteiger partial charge in [-0.3, -0.25) is 9.69 Å². The van der Waals surface area contributed by atoms with Gasteiger partial charge in [0.25, 0.3) is 0 Å². The lowest BCUT2D eigenvalue weighted by molar-refractivity contribution is -0.124. The second-order valence-corrected chi connectivity index (χ2v) is 13.1. The van der Waals surface area contributed by atoms with Crippen LogP contribution in [-0.4, -0.2) is 107 Å². The van der Waals surface area contributed by atoms with E-state index in [1.54, 1.807) is 13.2 Å². The Labute approximate surface area is 248 Å².